The highest BCUT2D eigenvalue weighted by molar-refractivity contribution is 6.27. The molecule has 1 saturated heterocycles. The standard InChI is InChI=1S/C20H18N2O4/c1-20-12-7-6-11(10-12)17(20)18(23)21(19(20)24)15-8-9-16(22(25)26)14-5-3-2-4-13(14)15/h2-5,8-9,11-12,17H,6-7,10H2,1H3/t11?,12?,17?,20-/m0/s1. The first-order valence-electron chi connectivity index (χ1n) is 8.99. The van der Waals surface area contributed by atoms with E-state index in [1.54, 1.807) is 30.3 Å². The van der Waals surface area contributed by atoms with Gasteiger partial charge in [0.15, 0.2) is 0 Å². The van der Waals surface area contributed by atoms with Crippen LogP contribution in [0.2, 0.25) is 0 Å². The van der Waals surface area contributed by atoms with Gasteiger partial charge in [-0.1, -0.05) is 18.2 Å². The molecule has 4 atom stereocenters. The minimum atomic E-state index is -0.622. The van der Waals surface area contributed by atoms with E-state index in [1.165, 1.54) is 11.0 Å². The van der Waals surface area contributed by atoms with Gasteiger partial charge in [0.2, 0.25) is 11.8 Å². The molecule has 3 aliphatic rings. The predicted octanol–water partition coefficient (Wildman–Crippen LogP) is 3.67. The molecular formula is C20H18N2O4. The Balaban J connectivity index is 1.70. The van der Waals surface area contributed by atoms with Gasteiger partial charge in [-0.3, -0.25) is 19.7 Å². The maximum atomic E-state index is 13.3. The lowest BCUT2D eigenvalue weighted by Crippen LogP contribution is -2.38. The lowest BCUT2D eigenvalue weighted by atomic mass is 9.69. The highest BCUT2D eigenvalue weighted by atomic mass is 16.6. The van der Waals surface area contributed by atoms with Crippen molar-refractivity contribution >= 4 is 34.0 Å². The number of carbonyl (C=O) groups is 2. The number of amides is 2. The van der Waals surface area contributed by atoms with Crippen LogP contribution < -0.4 is 4.90 Å². The average Bonchev–Trinajstić information content (AvgIpc) is 3.26. The molecule has 0 aromatic heterocycles. The summed E-state index contributed by atoms with van der Waals surface area (Å²) in [5, 5.41) is 12.4. The summed E-state index contributed by atoms with van der Waals surface area (Å²) >= 11 is 0. The molecule has 6 nitrogen and oxygen atoms in total. The van der Waals surface area contributed by atoms with Crippen molar-refractivity contribution in [3.8, 4) is 0 Å². The molecule has 0 radical (unpaired) electrons. The van der Waals surface area contributed by atoms with E-state index in [-0.39, 0.29) is 35.3 Å². The Morgan fingerprint density at radius 3 is 2.54 bits per heavy atom. The maximum absolute atomic E-state index is 13.3. The summed E-state index contributed by atoms with van der Waals surface area (Å²) < 4.78 is 0. The third-order valence-corrected chi connectivity index (χ3v) is 6.90. The van der Waals surface area contributed by atoms with Crippen LogP contribution in [-0.2, 0) is 9.59 Å². The smallest absolute Gasteiger partial charge is 0.274 e. The minimum Gasteiger partial charge on any atom is -0.274 e. The molecule has 3 fully saturated rings. The largest absolute Gasteiger partial charge is 0.277 e. The van der Waals surface area contributed by atoms with Crippen LogP contribution in [0.1, 0.15) is 26.2 Å². The molecule has 3 unspecified atom stereocenters. The van der Waals surface area contributed by atoms with Crippen molar-refractivity contribution in [2.75, 3.05) is 4.90 Å². The normalized spacial score (nSPS) is 32.5. The van der Waals surface area contributed by atoms with Crippen LogP contribution >= 0.6 is 0 Å². The second-order valence-corrected chi connectivity index (χ2v) is 7.92. The lowest BCUT2D eigenvalue weighted by molar-refractivity contribution is -0.383. The zero-order chi connectivity index (χ0) is 18.2. The number of carbonyl (C=O) groups excluding carboxylic acids is 2. The molecule has 6 heteroatoms. The van der Waals surface area contributed by atoms with Gasteiger partial charge >= 0.3 is 0 Å². The zero-order valence-corrected chi connectivity index (χ0v) is 14.3. The van der Waals surface area contributed by atoms with E-state index in [9.17, 15) is 19.7 Å². The fourth-order valence-corrected chi connectivity index (χ4v) is 5.70. The number of fused-ring (bicyclic) bond motifs is 6. The van der Waals surface area contributed by atoms with Crippen molar-refractivity contribution in [2.24, 2.45) is 23.2 Å². The summed E-state index contributed by atoms with van der Waals surface area (Å²) in [7, 11) is 0. The van der Waals surface area contributed by atoms with E-state index in [0.717, 1.165) is 19.3 Å². The summed E-state index contributed by atoms with van der Waals surface area (Å²) in [5.74, 6) is 0.0316. The Bertz CT molecular complexity index is 1000. The number of imide groups is 1. The zero-order valence-electron chi connectivity index (χ0n) is 14.3. The third-order valence-electron chi connectivity index (χ3n) is 6.90. The van der Waals surface area contributed by atoms with Crippen LogP contribution in [0, 0.1) is 33.3 Å². The Kier molecular flexibility index (Phi) is 2.92. The van der Waals surface area contributed by atoms with Crippen LogP contribution in [0.15, 0.2) is 36.4 Å². The molecule has 2 aromatic rings. The van der Waals surface area contributed by atoms with E-state index >= 15 is 0 Å². The quantitative estimate of drug-likeness (QED) is 0.470. The van der Waals surface area contributed by atoms with Crippen LogP contribution in [0.3, 0.4) is 0 Å². The van der Waals surface area contributed by atoms with E-state index in [2.05, 4.69) is 0 Å². The fourth-order valence-electron chi connectivity index (χ4n) is 5.70. The fraction of sp³-hybridized carbons (Fsp3) is 0.400. The summed E-state index contributed by atoms with van der Waals surface area (Å²) in [4.78, 5) is 38.8. The Morgan fingerprint density at radius 2 is 1.85 bits per heavy atom. The molecule has 2 amide bonds. The van der Waals surface area contributed by atoms with Crippen LogP contribution in [0.25, 0.3) is 10.8 Å². The van der Waals surface area contributed by atoms with Crippen molar-refractivity contribution in [2.45, 2.75) is 26.2 Å². The molecule has 2 saturated carbocycles. The van der Waals surface area contributed by atoms with E-state index in [0.29, 0.717) is 16.5 Å². The number of nitro groups is 1. The van der Waals surface area contributed by atoms with Crippen molar-refractivity contribution in [3.05, 3.63) is 46.5 Å². The second-order valence-electron chi connectivity index (χ2n) is 7.92. The Morgan fingerprint density at radius 1 is 1.12 bits per heavy atom. The number of hydrogen-bond donors (Lipinski definition) is 0. The first-order valence-corrected chi connectivity index (χ1v) is 8.99. The molecule has 0 N–H and O–H groups in total. The van der Waals surface area contributed by atoms with E-state index < -0.39 is 10.3 Å². The Hall–Kier alpha value is -2.76. The van der Waals surface area contributed by atoms with Crippen LogP contribution in [-0.4, -0.2) is 16.7 Å². The van der Waals surface area contributed by atoms with Gasteiger partial charge in [0.1, 0.15) is 0 Å². The first kappa shape index (κ1) is 15.5. The summed E-state index contributed by atoms with van der Waals surface area (Å²) in [6.07, 6.45) is 2.98. The summed E-state index contributed by atoms with van der Waals surface area (Å²) in [6.45, 7) is 1.94. The number of benzene rings is 2. The number of hydrogen-bond acceptors (Lipinski definition) is 4. The van der Waals surface area contributed by atoms with Gasteiger partial charge in [-0.05, 0) is 50.2 Å². The van der Waals surface area contributed by atoms with Gasteiger partial charge in [0, 0.05) is 11.5 Å². The monoisotopic (exact) mass is 350 g/mol. The summed E-state index contributed by atoms with van der Waals surface area (Å²) in [6, 6.07) is 9.83. The van der Waals surface area contributed by atoms with Crippen molar-refractivity contribution in [1.82, 2.24) is 0 Å². The number of nitro benzene ring substituents is 1. The number of rotatable bonds is 2. The van der Waals surface area contributed by atoms with Crippen molar-refractivity contribution < 1.29 is 14.5 Å². The summed E-state index contributed by atoms with van der Waals surface area (Å²) in [5.41, 5.74) is -0.172. The second kappa shape index (κ2) is 4.90. The molecular weight excluding hydrogens is 332 g/mol. The molecule has 2 aliphatic carbocycles. The lowest BCUT2D eigenvalue weighted by Gasteiger charge is -2.31. The molecule has 0 spiro atoms. The van der Waals surface area contributed by atoms with Gasteiger partial charge in [-0.25, -0.2) is 4.90 Å². The highest BCUT2D eigenvalue weighted by Crippen LogP contribution is 2.64. The molecule has 132 valence electrons. The Labute approximate surface area is 149 Å². The van der Waals surface area contributed by atoms with Crippen LogP contribution in [0.5, 0.6) is 0 Å². The van der Waals surface area contributed by atoms with Gasteiger partial charge in [-0.2, -0.15) is 0 Å². The van der Waals surface area contributed by atoms with E-state index in [4.69, 9.17) is 0 Å². The van der Waals surface area contributed by atoms with Gasteiger partial charge in [-0.15, -0.1) is 0 Å². The third kappa shape index (κ3) is 1.67. The first-order chi connectivity index (χ1) is 12.4. The number of anilines is 1. The maximum Gasteiger partial charge on any atom is 0.277 e. The molecule has 2 aromatic carbocycles. The van der Waals surface area contributed by atoms with Crippen molar-refractivity contribution in [1.29, 1.82) is 0 Å². The molecule has 1 heterocycles. The van der Waals surface area contributed by atoms with E-state index in [1.807, 2.05) is 6.92 Å². The van der Waals surface area contributed by atoms with Crippen molar-refractivity contribution in [3.63, 3.8) is 0 Å². The minimum absolute atomic E-state index is 0.0186. The van der Waals surface area contributed by atoms with Crippen LogP contribution in [0.4, 0.5) is 11.4 Å². The van der Waals surface area contributed by atoms with Gasteiger partial charge in [0.25, 0.3) is 5.69 Å². The number of non-ortho nitro benzene ring substituents is 1. The molecule has 1 aliphatic heterocycles. The molecule has 2 bridgehead atoms. The topological polar surface area (TPSA) is 80.5 Å². The average molecular weight is 350 g/mol. The highest BCUT2D eigenvalue weighted by Gasteiger charge is 2.68. The SMILES string of the molecule is C[C@@]12C(=O)N(c3ccc([N+](=O)[O-])c4ccccc34)C(=O)C1C1CCC2C1. The van der Waals surface area contributed by atoms with Gasteiger partial charge < -0.3 is 0 Å². The molecule has 5 rings (SSSR count). The number of nitrogens with zero attached hydrogens (tertiary/aromatic N) is 2. The predicted molar refractivity (Wildman–Crippen MR) is 95.5 cm³/mol. The molecule has 26 heavy (non-hydrogen) atoms. The van der Waals surface area contributed by atoms with Gasteiger partial charge in [0.05, 0.1) is 27.3 Å².